The van der Waals surface area contributed by atoms with Crippen molar-refractivity contribution >= 4 is 10.1 Å². The highest BCUT2D eigenvalue weighted by molar-refractivity contribution is 7.86. The van der Waals surface area contributed by atoms with Crippen LogP contribution in [0.5, 0.6) is 0 Å². The molecule has 0 rings (SSSR count). The van der Waals surface area contributed by atoms with Gasteiger partial charge in [-0.15, -0.1) is 0 Å². The summed E-state index contributed by atoms with van der Waals surface area (Å²) >= 11 is 0. The highest BCUT2D eigenvalue weighted by Gasteiger charge is 2.44. The summed E-state index contributed by atoms with van der Waals surface area (Å²) in [4.78, 5) is 0. The Kier molecular flexibility index (Phi) is 29.6. The quantitative estimate of drug-likeness (QED) is 0.129. The van der Waals surface area contributed by atoms with Gasteiger partial charge in [0.2, 0.25) is 0 Å². The second kappa shape index (κ2) is 26.0. The maximum Gasteiger partial charge on any atom is 0.522 e. The van der Waals surface area contributed by atoms with Crippen LogP contribution in [0.15, 0.2) is 0 Å². The number of hydrogen-bond acceptors (Lipinski definition) is 2. The molecule has 3 nitrogen and oxygen atoms in total. The van der Waals surface area contributed by atoms with Gasteiger partial charge >= 0.3 is 15.6 Å². The average molecular weight is 477 g/mol. The molecular formula is C24H51F3O3S. The molecule has 0 amide bonds. The molecule has 0 aromatic carbocycles. The van der Waals surface area contributed by atoms with Gasteiger partial charge in [0.15, 0.2) is 0 Å². The van der Waals surface area contributed by atoms with Gasteiger partial charge in [-0.25, -0.2) is 0 Å². The Bertz CT molecular complexity index is 406. The van der Waals surface area contributed by atoms with Crippen molar-refractivity contribution in [3.05, 3.63) is 0 Å². The van der Waals surface area contributed by atoms with Crippen molar-refractivity contribution in [2.45, 2.75) is 155 Å². The lowest BCUT2D eigenvalue weighted by molar-refractivity contribution is -0.0510. The van der Waals surface area contributed by atoms with Crippen LogP contribution >= 0.6 is 0 Å². The molecule has 7 heteroatoms. The van der Waals surface area contributed by atoms with E-state index in [1.54, 1.807) is 0 Å². The van der Waals surface area contributed by atoms with E-state index in [-0.39, 0.29) is 0 Å². The van der Waals surface area contributed by atoms with Gasteiger partial charge in [0.25, 0.3) is 0 Å². The van der Waals surface area contributed by atoms with Gasteiger partial charge < -0.3 is 0 Å². The zero-order valence-corrected chi connectivity index (χ0v) is 21.6. The summed E-state index contributed by atoms with van der Waals surface area (Å²) in [6, 6.07) is 0. The van der Waals surface area contributed by atoms with E-state index in [4.69, 9.17) is 13.0 Å². The van der Waals surface area contributed by atoms with Crippen LogP contribution < -0.4 is 0 Å². The lowest BCUT2D eigenvalue weighted by atomic mass is 10.1. The second-order valence-electron chi connectivity index (χ2n) is 8.22. The number of rotatable bonds is 17. The van der Waals surface area contributed by atoms with Crippen LogP contribution in [-0.4, -0.2) is 18.5 Å². The Labute approximate surface area is 191 Å². The van der Waals surface area contributed by atoms with Crippen LogP contribution in [0.4, 0.5) is 13.2 Å². The number of hydrogen-bond donors (Lipinski definition) is 1. The van der Waals surface area contributed by atoms with Gasteiger partial charge in [0.1, 0.15) is 0 Å². The first-order valence-electron chi connectivity index (χ1n) is 12.6. The molecule has 0 atom stereocenters. The van der Waals surface area contributed by atoms with E-state index in [9.17, 15) is 13.2 Å². The number of unbranched alkanes of at least 4 members (excludes halogenated alkanes) is 17. The predicted molar refractivity (Wildman–Crippen MR) is 128 cm³/mol. The Morgan fingerprint density at radius 2 is 0.613 bits per heavy atom. The fraction of sp³-hybridized carbons (Fsp3) is 1.00. The van der Waals surface area contributed by atoms with Gasteiger partial charge in [-0.3, -0.25) is 4.55 Å². The minimum atomic E-state index is -5.84. The fourth-order valence-electron chi connectivity index (χ4n) is 2.94. The van der Waals surface area contributed by atoms with Crippen molar-refractivity contribution in [1.29, 1.82) is 0 Å². The topological polar surface area (TPSA) is 54.4 Å². The van der Waals surface area contributed by atoms with Crippen molar-refractivity contribution in [2.75, 3.05) is 0 Å². The molecule has 0 aliphatic carbocycles. The summed E-state index contributed by atoms with van der Waals surface area (Å²) in [6.07, 6.45) is 27.4. The Morgan fingerprint density at radius 3 is 0.710 bits per heavy atom. The third-order valence-corrected chi connectivity index (χ3v) is 5.54. The van der Waals surface area contributed by atoms with Crippen molar-refractivity contribution < 1.29 is 26.1 Å². The lowest BCUT2D eigenvalue weighted by Gasteiger charge is -2.00. The zero-order chi connectivity index (χ0) is 24.4. The van der Waals surface area contributed by atoms with Crippen LogP contribution in [-0.2, 0) is 10.1 Å². The molecule has 0 unspecified atom stereocenters. The third-order valence-electron chi connectivity index (χ3n) is 4.96. The molecule has 0 saturated carbocycles. The Balaban J connectivity index is -0.000000392. The van der Waals surface area contributed by atoms with Crippen LogP contribution in [0, 0.1) is 0 Å². The van der Waals surface area contributed by atoms with E-state index in [0.29, 0.717) is 0 Å². The first-order chi connectivity index (χ1) is 14.6. The van der Waals surface area contributed by atoms with E-state index >= 15 is 0 Å². The minimum absolute atomic E-state index is 1.37. The molecule has 0 aromatic heterocycles. The molecule has 0 aliphatic rings. The standard InChI is InChI=1S/C13H28.C10H22.CHF3O3S/c1-3-5-7-9-11-13-12-10-8-6-4-2;1-3-5-7-9-10-8-6-4-2;2-1(3,4)8(5,6)7/h3-13H2,1-2H3;3-10H2,1-2H3;(H,5,6,7). The maximum absolute atomic E-state index is 10.7. The van der Waals surface area contributed by atoms with Gasteiger partial charge in [-0.2, -0.15) is 21.6 Å². The van der Waals surface area contributed by atoms with E-state index < -0.39 is 15.6 Å². The lowest BCUT2D eigenvalue weighted by Crippen LogP contribution is -2.21. The molecule has 0 heterocycles. The van der Waals surface area contributed by atoms with Gasteiger partial charge in [-0.05, 0) is 0 Å². The molecule has 0 spiro atoms. The summed E-state index contributed by atoms with van der Waals surface area (Å²) in [7, 11) is -5.84. The monoisotopic (exact) mass is 476 g/mol. The summed E-state index contributed by atoms with van der Waals surface area (Å²) in [5.41, 5.74) is -5.53. The SMILES string of the molecule is CCCCCCCCCC.CCCCCCCCCCCCC.O=S(=O)(O)C(F)(F)F. The van der Waals surface area contributed by atoms with Crippen molar-refractivity contribution in [1.82, 2.24) is 0 Å². The highest BCUT2D eigenvalue weighted by atomic mass is 32.2. The molecular weight excluding hydrogens is 425 g/mol. The summed E-state index contributed by atoms with van der Waals surface area (Å²) in [6.45, 7) is 9.10. The van der Waals surface area contributed by atoms with E-state index in [1.807, 2.05) is 0 Å². The molecule has 0 fully saturated rings. The molecule has 0 aliphatic heterocycles. The average Bonchev–Trinajstić information content (AvgIpc) is 2.69. The van der Waals surface area contributed by atoms with Crippen molar-refractivity contribution in [3.8, 4) is 0 Å². The second-order valence-corrected chi connectivity index (χ2v) is 9.64. The summed E-state index contributed by atoms with van der Waals surface area (Å²) in [5, 5.41) is 0. The Morgan fingerprint density at radius 1 is 0.484 bits per heavy atom. The van der Waals surface area contributed by atoms with E-state index in [0.717, 1.165) is 0 Å². The predicted octanol–water partition coefficient (Wildman–Crippen LogP) is 9.86. The van der Waals surface area contributed by atoms with Gasteiger partial charge in [0, 0.05) is 0 Å². The van der Waals surface area contributed by atoms with Crippen LogP contribution in [0.3, 0.4) is 0 Å². The number of alkyl halides is 3. The molecule has 192 valence electrons. The van der Waals surface area contributed by atoms with Crippen LogP contribution in [0.2, 0.25) is 0 Å². The highest BCUT2D eigenvalue weighted by Crippen LogP contribution is 2.20. The normalized spacial score (nSPS) is 11.4. The Hall–Kier alpha value is -0.300. The third kappa shape index (κ3) is 34.5. The van der Waals surface area contributed by atoms with E-state index in [1.165, 1.54) is 122 Å². The zero-order valence-electron chi connectivity index (χ0n) is 20.7. The molecule has 0 radical (unpaired) electrons. The molecule has 1 N–H and O–H groups in total. The van der Waals surface area contributed by atoms with Gasteiger partial charge in [-0.1, -0.05) is 150 Å². The van der Waals surface area contributed by atoms with Crippen molar-refractivity contribution in [2.24, 2.45) is 0 Å². The number of halogens is 3. The van der Waals surface area contributed by atoms with Crippen LogP contribution in [0.1, 0.15) is 150 Å². The summed E-state index contributed by atoms with van der Waals surface area (Å²) in [5.74, 6) is 0. The van der Waals surface area contributed by atoms with Gasteiger partial charge in [0.05, 0.1) is 0 Å². The summed E-state index contributed by atoms with van der Waals surface area (Å²) < 4.78 is 57.5. The largest absolute Gasteiger partial charge is 0.522 e. The molecule has 31 heavy (non-hydrogen) atoms. The first kappa shape index (κ1) is 35.3. The molecule has 0 aromatic rings. The minimum Gasteiger partial charge on any atom is -0.279 e. The smallest absolute Gasteiger partial charge is 0.279 e. The first-order valence-corrected chi connectivity index (χ1v) is 14.1. The van der Waals surface area contributed by atoms with Crippen LogP contribution in [0.25, 0.3) is 0 Å². The fourth-order valence-corrected chi connectivity index (χ4v) is 2.94. The maximum atomic E-state index is 10.7. The molecule has 0 bridgehead atoms. The van der Waals surface area contributed by atoms with Crippen molar-refractivity contribution in [3.63, 3.8) is 0 Å². The molecule has 0 saturated heterocycles. The van der Waals surface area contributed by atoms with E-state index in [2.05, 4.69) is 27.7 Å².